The van der Waals surface area contributed by atoms with Crippen molar-refractivity contribution in [3.8, 4) is 5.75 Å². The largest absolute Gasteiger partial charge is 0.489 e. The van der Waals surface area contributed by atoms with E-state index in [1.807, 2.05) is 30.3 Å². The van der Waals surface area contributed by atoms with Gasteiger partial charge in [0.25, 0.3) is 0 Å². The Morgan fingerprint density at radius 3 is 1.88 bits per heavy atom. The van der Waals surface area contributed by atoms with Crippen LogP contribution in [0.25, 0.3) is 0 Å². The van der Waals surface area contributed by atoms with Gasteiger partial charge < -0.3 is 9.64 Å². The zero-order valence-electron chi connectivity index (χ0n) is 16.9. The van der Waals surface area contributed by atoms with Crippen molar-refractivity contribution in [1.29, 1.82) is 0 Å². The highest BCUT2D eigenvalue weighted by Crippen LogP contribution is 2.19. The van der Waals surface area contributed by atoms with Gasteiger partial charge in [0, 0.05) is 6.04 Å². The number of unbranched alkanes of at least 4 members (excludes halogenated alkanes) is 8. The smallest absolute Gasteiger partial charge is 0.119 e. The Bertz CT molecular complexity index is 396. The van der Waals surface area contributed by atoms with Crippen molar-refractivity contribution in [2.24, 2.45) is 0 Å². The van der Waals surface area contributed by atoms with Gasteiger partial charge in [-0.25, -0.2) is 0 Å². The second-order valence-corrected chi connectivity index (χ2v) is 7.28. The third-order valence-electron chi connectivity index (χ3n) is 4.87. The molecule has 0 aliphatic heterocycles. The van der Waals surface area contributed by atoms with Gasteiger partial charge in [-0.05, 0) is 39.6 Å². The zero-order valence-corrected chi connectivity index (χ0v) is 18.6. The Balaban J connectivity index is 0.00000576. The van der Waals surface area contributed by atoms with Crippen LogP contribution in [0.2, 0.25) is 0 Å². The lowest BCUT2D eigenvalue weighted by Gasteiger charge is -2.30. The van der Waals surface area contributed by atoms with Crippen molar-refractivity contribution in [1.82, 2.24) is 4.90 Å². The molecule has 0 aliphatic carbocycles. The SMILES string of the molecule is Br.CCCCCCCCCCCC(C(C)Oc1ccccc1)N(C)C. The van der Waals surface area contributed by atoms with Crippen LogP contribution in [0.5, 0.6) is 5.75 Å². The van der Waals surface area contributed by atoms with Crippen molar-refractivity contribution >= 4 is 17.0 Å². The van der Waals surface area contributed by atoms with E-state index in [1.165, 1.54) is 64.2 Å². The van der Waals surface area contributed by atoms with E-state index in [4.69, 9.17) is 4.74 Å². The lowest BCUT2D eigenvalue weighted by Crippen LogP contribution is -2.40. The number of likely N-dealkylation sites (N-methyl/N-ethyl adjacent to an activating group) is 1. The van der Waals surface area contributed by atoms with E-state index in [0.717, 1.165) is 5.75 Å². The normalized spacial score (nSPS) is 13.3. The van der Waals surface area contributed by atoms with Gasteiger partial charge >= 0.3 is 0 Å². The number of nitrogens with zero attached hydrogens (tertiary/aromatic N) is 1. The number of hydrogen-bond acceptors (Lipinski definition) is 2. The summed E-state index contributed by atoms with van der Waals surface area (Å²) in [6.07, 6.45) is 13.9. The number of hydrogen-bond donors (Lipinski definition) is 0. The predicted octanol–water partition coefficient (Wildman–Crippen LogP) is 6.88. The van der Waals surface area contributed by atoms with Gasteiger partial charge in [-0.15, -0.1) is 17.0 Å². The average molecular weight is 414 g/mol. The van der Waals surface area contributed by atoms with Gasteiger partial charge in [0.05, 0.1) is 0 Å². The molecule has 25 heavy (non-hydrogen) atoms. The summed E-state index contributed by atoms with van der Waals surface area (Å²) in [7, 11) is 4.34. The quantitative estimate of drug-likeness (QED) is 0.308. The van der Waals surface area contributed by atoms with E-state index in [1.54, 1.807) is 0 Å². The van der Waals surface area contributed by atoms with E-state index in [2.05, 4.69) is 32.8 Å². The molecule has 0 saturated heterocycles. The first kappa shape index (κ1) is 24.5. The third kappa shape index (κ3) is 11.6. The van der Waals surface area contributed by atoms with Gasteiger partial charge in [-0.2, -0.15) is 0 Å². The van der Waals surface area contributed by atoms with Crippen molar-refractivity contribution in [3.05, 3.63) is 30.3 Å². The van der Waals surface area contributed by atoms with Gasteiger partial charge in [-0.1, -0.05) is 82.9 Å². The highest BCUT2D eigenvalue weighted by Gasteiger charge is 2.20. The molecule has 1 aromatic carbocycles. The molecule has 2 nitrogen and oxygen atoms in total. The summed E-state index contributed by atoms with van der Waals surface area (Å²) in [5.74, 6) is 0.976. The summed E-state index contributed by atoms with van der Waals surface area (Å²) < 4.78 is 6.13. The summed E-state index contributed by atoms with van der Waals surface area (Å²) in [6.45, 7) is 4.48. The third-order valence-corrected chi connectivity index (χ3v) is 4.87. The van der Waals surface area contributed by atoms with Gasteiger partial charge in [0.1, 0.15) is 11.9 Å². The number of halogens is 1. The topological polar surface area (TPSA) is 12.5 Å². The lowest BCUT2D eigenvalue weighted by atomic mass is 10.0. The van der Waals surface area contributed by atoms with Crippen molar-refractivity contribution in [3.63, 3.8) is 0 Å². The fourth-order valence-electron chi connectivity index (χ4n) is 3.37. The molecule has 0 amide bonds. The van der Waals surface area contributed by atoms with Crippen molar-refractivity contribution < 1.29 is 4.74 Å². The molecule has 0 aromatic heterocycles. The molecule has 0 N–H and O–H groups in total. The molecular formula is C22H40BrNO. The van der Waals surface area contributed by atoms with Crippen LogP contribution in [0.3, 0.4) is 0 Å². The molecule has 0 heterocycles. The summed E-state index contributed by atoms with van der Waals surface area (Å²) in [5.41, 5.74) is 0. The standard InChI is InChI=1S/C22H39NO.BrH/c1-5-6-7-8-9-10-11-12-16-19-22(23(3)4)20(2)24-21-17-14-13-15-18-21;/h13-15,17-18,20,22H,5-12,16,19H2,1-4H3;1H. The summed E-state index contributed by atoms with van der Waals surface area (Å²) in [4.78, 5) is 2.32. The van der Waals surface area contributed by atoms with Gasteiger partial charge in [0.2, 0.25) is 0 Å². The molecular weight excluding hydrogens is 374 g/mol. The fraction of sp³-hybridized carbons (Fsp3) is 0.727. The number of para-hydroxylation sites is 1. The first-order chi connectivity index (χ1) is 11.6. The van der Waals surface area contributed by atoms with Crippen LogP contribution in [0.4, 0.5) is 0 Å². The van der Waals surface area contributed by atoms with Crippen LogP contribution in [-0.2, 0) is 0 Å². The monoisotopic (exact) mass is 413 g/mol. The Morgan fingerprint density at radius 1 is 0.840 bits per heavy atom. The second kappa shape index (κ2) is 15.7. The maximum absolute atomic E-state index is 6.13. The molecule has 146 valence electrons. The highest BCUT2D eigenvalue weighted by molar-refractivity contribution is 8.93. The lowest BCUT2D eigenvalue weighted by molar-refractivity contribution is 0.103. The average Bonchev–Trinajstić information content (AvgIpc) is 2.57. The van der Waals surface area contributed by atoms with Gasteiger partial charge in [-0.3, -0.25) is 0 Å². The molecule has 0 bridgehead atoms. The predicted molar refractivity (Wildman–Crippen MR) is 116 cm³/mol. The Morgan fingerprint density at radius 2 is 1.36 bits per heavy atom. The van der Waals surface area contributed by atoms with E-state index >= 15 is 0 Å². The Labute approximate surface area is 167 Å². The molecule has 3 heteroatoms. The minimum absolute atomic E-state index is 0. The molecule has 0 aliphatic rings. The van der Waals surface area contributed by atoms with Crippen LogP contribution < -0.4 is 4.74 Å². The molecule has 1 aromatic rings. The number of benzene rings is 1. The summed E-state index contributed by atoms with van der Waals surface area (Å²) in [5, 5.41) is 0. The first-order valence-electron chi connectivity index (χ1n) is 10.0. The Kier molecular flexibility index (Phi) is 15.4. The molecule has 2 atom stereocenters. The van der Waals surface area contributed by atoms with Crippen LogP contribution in [-0.4, -0.2) is 31.1 Å². The van der Waals surface area contributed by atoms with Crippen LogP contribution in [0.1, 0.15) is 78.1 Å². The minimum atomic E-state index is 0. The number of ether oxygens (including phenoxy) is 1. The van der Waals surface area contributed by atoms with Gasteiger partial charge in [0.15, 0.2) is 0 Å². The van der Waals surface area contributed by atoms with E-state index in [0.29, 0.717) is 6.04 Å². The molecule has 0 spiro atoms. The zero-order chi connectivity index (χ0) is 17.6. The Hall–Kier alpha value is -0.540. The minimum Gasteiger partial charge on any atom is -0.489 e. The maximum atomic E-state index is 6.13. The summed E-state index contributed by atoms with van der Waals surface area (Å²) in [6, 6.07) is 10.7. The van der Waals surface area contributed by atoms with E-state index < -0.39 is 0 Å². The molecule has 0 radical (unpaired) electrons. The van der Waals surface area contributed by atoms with Crippen molar-refractivity contribution in [2.75, 3.05) is 14.1 Å². The molecule has 2 unspecified atom stereocenters. The second-order valence-electron chi connectivity index (χ2n) is 7.28. The van der Waals surface area contributed by atoms with E-state index in [9.17, 15) is 0 Å². The highest BCUT2D eigenvalue weighted by atomic mass is 79.9. The molecule has 0 fully saturated rings. The number of rotatable bonds is 14. The summed E-state index contributed by atoms with van der Waals surface area (Å²) >= 11 is 0. The fourth-order valence-corrected chi connectivity index (χ4v) is 3.37. The molecule has 0 saturated carbocycles. The first-order valence-corrected chi connectivity index (χ1v) is 10.0. The van der Waals surface area contributed by atoms with Crippen LogP contribution in [0, 0.1) is 0 Å². The molecule has 1 rings (SSSR count). The van der Waals surface area contributed by atoms with Crippen LogP contribution >= 0.6 is 17.0 Å². The van der Waals surface area contributed by atoms with E-state index in [-0.39, 0.29) is 23.1 Å². The van der Waals surface area contributed by atoms with Crippen LogP contribution in [0.15, 0.2) is 30.3 Å². The van der Waals surface area contributed by atoms with Crippen molar-refractivity contribution in [2.45, 2.75) is 90.2 Å². The maximum Gasteiger partial charge on any atom is 0.119 e.